The average molecular weight is 177 g/mol. The fourth-order valence-electron chi connectivity index (χ4n) is 1.58. The summed E-state index contributed by atoms with van der Waals surface area (Å²) in [7, 11) is 0. The van der Waals surface area contributed by atoms with Gasteiger partial charge >= 0.3 is 0 Å². The molecule has 0 aliphatic carbocycles. The van der Waals surface area contributed by atoms with Crippen LogP contribution < -0.4 is 5.32 Å². The number of hydrogen-bond donors (Lipinski definition) is 1. The second-order valence-electron chi connectivity index (χ2n) is 4.04. The highest BCUT2D eigenvalue weighted by Crippen LogP contribution is 2.11. The van der Waals surface area contributed by atoms with Crippen molar-refractivity contribution in [2.45, 2.75) is 33.2 Å². The highest BCUT2D eigenvalue weighted by atomic mass is 14.9. The molecule has 1 N–H and O–H groups in total. The minimum Gasteiger partial charge on any atom is -0.383 e. The molecule has 0 fully saturated rings. The summed E-state index contributed by atoms with van der Waals surface area (Å²) in [6.07, 6.45) is 1.22. The number of benzene rings is 1. The molecule has 0 bridgehead atoms. The van der Waals surface area contributed by atoms with Gasteiger partial charge in [0.1, 0.15) is 0 Å². The van der Waals surface area contributed by atoms with E-state index in [9.17, 15) is 0 Å². The van der Waals surface area contributed by atoms with E-state index in [0.29, 0.717) is 6.04 Å². The number of para-hydroxylation sites is 1. The van der Waals surface area contributed by atoms with Gasteiger partial charge in [-0.15, -0.1) is 0 Å². The summed E-state index contributed by atoms with van der Waals surface area (Å²) in [6, 6.07) is 10.9. The van der Waals surface area contributed by atoms with Crippen molar-refractivity contribution in [3.8, 4) is 0 Å². The van der Waals surface area contributed by atoms with Gasteiger partial charge in [0.25, 0.3) is 0 Å². The zero-order chi connectivity index (χ0) is 9.68. The number of anilines is 1. The van der Waals surface area contributed by atoms with E-state index in [2.05, 4.69) is 50.4 Å². The molecule has 1 unspecified atom stereocenters. The summed E-state index contributed by atoms with van der Waals surface area (Å²) >= 11 is 0. The standard InChI is InChI=1S/C12H19N/c1-10(2)9-11(3)13-12-7-5-4-6-8-12/h4-8,10-11,13H,9H2,1-3H3. The van der Waals surface area contributed by atoms with E-state index in [1.54, 1.807) is 0 Å². The Morgan fingerprint density at radius 3 is 2.23 bits per heavy atom. The fraction of sp³-hybridized carbons (Fsp3) is 0.500. The van der Waals surface area contributed by atoms with Gasteiger partial charge in [0, 0.05) is 11.7 Å². The molecule has 0 radical (unpaired) electrons. The first kappa shape index (κ1) is 10.1. The monoisotopic (exact) mass is 177 g/mol. The maximum Gasteiger partial charge on any atom is 0.0342 e. The molecule has 0 saturated heterocycles. The Morgan fingerprint density at radius 2 is 1.69 bits per heavy atom. The third-order valence-corrected chi connectivity index (χ3v) is 2.01. The Labute approximate surface area is 81.2 Å². The predicted octanol–water partition coefficient (Wildman–Crippen LogP) is 3.53. The molecular weight excluding hydrogens is 158 g/mol. The van der Waals surface area contributed by atoms with E-state index in [1.807, 2.05) is 6.07 Å². The SMILES string of the molecule is CC(C)CC(C)Nc1ccccc1. The number of nitrogens with one attached hydrogen (secondary N) is 1. The van der Waals surface area contributed by atoms with Crippen LogP contribution in [0.25, 0.3) is 0 Å². The highest BCUT2D eigenvalue weighted by molar-refractivity contribution is 5.43. The minimum absolute atomic E-state index is 0.558. The molecule has 1 atom stereocenters. The van der Waals surface area contributed by atoms with Gasteiger partial charge in [-0.1, -0.05) is 32.0 Å². The van der Waals surface area contributed by atoms with Crippen LogP contribution >= 0.6 is 0 Å². The molecule has 0 amide bonds. The van der Waals surface area contributed by atoms with Crippen molar-refractivity contribution in [1.82, 2.24) is 0 Å². The third-order valence-electron chi connectivity index (χ3n) is 2.01. The van der Waals surface area contributed by atoms with Crippen LogP contribution in [-0.2, 0) is 0 Å². The maximum absolute atomic E-state index is 3.47. The lowest BCUT2D eigenvalue weighted by Crippen LogP contribution is -2.17. The van der Waals surface area contributed by atoms with Crippen molar-refractivity contribution in [3.05, 3.63) is 30.3 Å². The molecule has 1 rings (SSSR count). The summed E-state index contributed by atoms with van der Waals surface area (Å²) in [5.74, 6) is 0.756. The van der Waals surface area contributed by atoms with Gasteiger partial charge in [0.15, 0.2) is 0 Å². The molecule has 0 spiro atoms. The van der Waals surface area contributed by atoms with Crippen molar-refractivity contribution >= 4 is 5.69 Å². The Morgan fingerprint density at radius 1 is 1.08 bits per heavy atom. The van der Waals surface area contributed by atoms with Gasteiger partial charge in [0.2, 0.25) is 0 Å². The first-order valence-corrected chi connectivity index (χ1v) is 5.00. The smallest absolute Gasteiger partial charge is 0.0342 e. The van der Waals surface area contributed by atoms with E-state index in [-0.39, 0.29) is 0 Å². The van der Waals surface area contributed by atoms with Crippen LogP contribution in [0, 0.1) is 5.92 Å². The molecule has 0 heterocycles. The average Bonchev–Trinajstić information content (AvgIpc) is 2.04. The van der Waals surface area contributed by atoms with Crippen molar-refractivity contribution < 1.29 is 0 Å². The van der Waals surface area contributed by atoms with Crippen LogP contribution in [0.5, 0.6) is 0 Å². The highest BCUT2D eigenvalue weighted by Gasteiger charge is 2.03. The van der Waals surface area contributed by atoms with Gasteiger partial charge in [-0.3, -0.25) is 0 Å². The second-order valence-corrected chi connectivity index (χ2v) is 4.04. The molecule has 1 nitrogen and oxygen atoms in total. The van der Waals surface area contributed by atoms with Gasteiger partial charge in [-0.2, -0.15) is 0 Å². The summed E-state index contributed by atoms with van der Waals surface area (Å²) in [5, 5.41) is 3.47. The molecule has 1 aromatic carbocycles. The first-order chi connectivity index (χ1) is 6.18. The predicted molar refractivity (Wildman–Crippen MR) is 59.0 cm³/mol. The Kier molecular flexibility index (Phi) is 3.81. The van der Waals surface area contributed by atoms with Crippen LogP contribution in [0.4, 0.5) is 5.69 Å². The lowest BCUT2D eigenvalue weighted by Gasteiger charge is -2.16. The Balaban J connectivity index is 2.41. The van der Waals surface area contributed by atoms with Gasteiger partial charge in [-0.05, 0) is 31.4 Å². The molecule has 0 saturated carbocycles. The Hall–Kier alpha value is -0.980. The summed E-state index contributed by atoms with van der Waals surface area (Å²) in [4.78, 5) is 0. The van der Waals surface area contributed by atoms with E-state index >= 15 is 0 Å². The van der Waals surface area contributed by atoms with Crippen molar-refractivity contribution in [3.63, 3.8) is 0 Å². The molecule has 13 heavy (non-hydrogen) atoms. The number of hydrogen-bond acceptors (Lipinski definition) is 1. The molecule has 72 valence electrons. The van der Waals surface area contributed by atoms with Crippen LogP contribution in [0.2, 0.25) is 0 Å². The lowest BCUT2D eigenvalue weighted by atomic mass is 10.1. The second kappa shape index (κ2) is 4.90. The molecule has 1 heteroatoms. The number of rotatable bonds is 4. The fourth-order valence-corrected chi connectivity index (χ4v) is 1.58. The van der Waals surface area contributed by atoms with E-state index in [0.717, 1.165) is 5.92 Å². The zero-order valence-corrected chi connectivity index (χ0v) is 8.75. The van der Waals surface area contributed by atoms with Crippen molar-refractivity contribution in [1.29, 1.82) is 0 Å². The largest absolute Gasteiger partial charge is 0.383 e. The molecule has 0 aliphatic heterocycles. The first-order valence-electron chi connectivity index (χ1n) is 5.00. The maximum atomic E-state index is 3.47. The lowest BCUT2D eigenvalue weighted by molar-refractivity contribution is 0.540. The van der Waals surface area contributed by atoms with E-state index in [1.165, 1.54) is 12.1 Å². The van der Waals surface area contributed by atoms with Crippen LogP contribution in [0.3, 0.4) is 0 Å². The third kappa shape index (κ3) is 3.97. The topological polar surface area (TPSA) is 12.0 Å². The van der Waals surface area contributed by atoms with Crippen molar-refractivity contribution in [2.75, 3.05) is 5.32 Å². The van der Waals surface area contributed by atoms with Crippen LogP contribution in [0.15, 0.2) is 30.3 Å². The summed E-state index contributed by atoms with van der Waals surface area (Å²) in [5.41, 5.74) is 1.22. The van der Waals surface area contributed by atoms with Crippen LogP contribution in [0.1, 0.15) is 27.2 Å². The van der Waals surface area contributed by atoms with Gasteiger partial charge < -0.3 is 5.32 Å². The van der Waals surface area contributed by atoms with E-state index < -0.39 is 0 Å². The molecule has 0 aliphatic rings. The quantitative estimate of drug-likeness (QED) is 0.741. The molecule has 1 aromatic rings. The van der Waals surface area contributed by atoms with Crippen LogP contribution in [-0.4, -0.2) is 6.04 Å². The normalized spacial score (nSPS) is 12.9. The minimum atomic E-state index is 0.558. The summed E-state index contributed by atoms with van der Waals surface area (Å²) < 4.78 is 0. The molecular formula is C12H19N. The Bertz CT molecular complexity index is 228. The van der Waals surface area contributed by atoms with Crippen molar-refractivity contribution in [2.24, 2.45) is 5.92 Å². The van der Waals surface area contributed by atoms with Gasteiger partial charge in [0.05, 0.1) is 0 Å². The van der Waals surface area contributed by atoms with E-state index in [4.69, 9.17) is 0 Å². The molecule has 0 aromatic heterocycles. The summed E-state index contributed by atoms with van der Waals surface area (Å²) in [6.45, 7) is 6.74. The van der Waals surface area contributed by atoms with Gasteiger partial charge in [-0.25, -0.2) is 0 Å². The zero-order valence-electron chi connectivity index (χ0n) is 8.75.